The third-order valence-electron chi connectivity index (χ3n) is 7.32. The predicted octanol–water partition coefficient (Wildman–Crippen LogP) is 5.37. The first-order valence-corrected chi connectivity index (χ1v) is 14.7. The molecular weight excluding hydrogens is 603 g/mol. The van der Waals surface area contributed by atoms with Gasteiger partial charge in [0.2, 0.25) is 17.7 Å². The first kappa shape index (κ1) is 28.7. The van der Waals surface area contributed by atoms with Crippen LogP contribution in [0.1, 0.15) is 21.9 Å². The summed E-state index contributed by atoms with van der Waals surface area (Å²) in [5.74, 6) is -3.04. The second-order valence-electron chi connectivity index (χ2n) is 9.91. The summed E-state index contributed by atoms with van der Waals surface area (Å²) < 4.78 is 47.0. The summed E-state index contributed by atoms with van der Waals surface area (Å²) in [6.45, 7) is -0.335. The van der Waals surface area contributed by atoms with E-state index >= 15 is 0 Å². The number of hydrogen-bond acceptors (Lipinski definition) is 7. The molecule has 4 aromatic rings. The van der Waals surface area contributed by atoms with E-state index in [1.54, 1.807) is 54.6 Å². The standard InChI is InChI=1S/C30H22F3N3O5S2/c1-41-20-12-10-16(11-13-20)22-23-24(27(39)36(26(23)38)19-9-5-6-17(14-19)30(31,32)33)42-28-25(22)43-29(40)35(28)15-21(37)34-18-7-3-2-4-8-18/h2-14,22-24H,15H2,1H3,(H,34,37). The number of amides is 3. The first-order chi connectivity index (χ1) is 20.6. The summed E-state index contributed by atoms with van der Waals surface area (Å²) in [7, 11) is 1.50. The SMILES string of the molecule is COc1ccc(C2c3sc(=O)n(CC(=O)Nc4ccccc4)c3SC3C(=O)N(c4cccc(C(F)(F)F)c4)C(=O)C32)cc1. The van der Waals surface area contributed by atoms with Crippen molar-refractivity contribution in [3.63, 3.8) is 0 Å². The molecule has 1 N–H and O–H groups in total. The minimum Gasteiger partial charge on any atom is -0.497 e. The van der Waals surface area contributed by atoms with Crippen molar-refractivity contribution in [3.8, 4) is 5.75 Å². The highest BCUT2D eigenvalue weighted by atomic mass is 32.2. The fourth-order valence-corrected chi connectivity index (χ4v) is 8.14. The number of hydrogen-bond donors (Lipinski definition) is 1. The number of rotatable bonds is 6. The minimum absolute atomic E-state index is 0.184. The Bertz CT molecular complexity index is 1790. The molecule has 220 valence electrons. The molecule has 0 spiro atoms. The number of halogens is 3. The van der Waals surface area contributed by atoms with Crippen LogP contribution in [0.4, 0.5) is 24.5 Å². The number of imide groups is 1. The number of carbonyl (C=O) groups excluding carboxylic acids is 3. The summed E-state index contributed by atoms with van der Waals surface area (Å²) in [4.78, 5) is 54.8. The van der Waals surface area contributed by atoms with E-state index in [1.807, 2.05) is 0 Å². The number of aromatic nitrogens is 1. The van der Waals surface area contributed by atoms with Gasteiger partial charge in [-0.05, 0) is 48.0 Å². The molecule has 1 saturated heterocycles. The minimum atomic E-state index is -4.67. The lowest BCUT2D eigenvalue weighted by Gasteiger charge is -2.30. The van der Waals surface area contributed by atoms with Crippen molar-refractivity contribution >= 4 is 52.2 Å². The number of alkyl halides is 3. The van der Waals surface area contributed by atoms with E-state index in [-0.39, 0.29) is 12.2 Å². The maximum absolute atomic E-state index is 13.9. The fourth-order valence-electron chi connectivity index (χ4n) is 5.37. The Morgan fingerprint density at radius 3 is 2.35 bits per heavy atom. The number of thiazole rings is 1. The molecule has 0 radical (unpaired) electrons. The van der Waals surface area contributed by atoms with Gasteiger partial charge in [-0.1, -0.05) is 59.5 Å². The molecule has 0 saturated carbocycles. The Hall–Kier alpha value is -4.36. The van der Waals surface area contributed by atoms with Crippen molar-refractivity contribution in [2.45, 2.75) is 28.9 Å². The number of benzene rings is 3. The van der Waals surface area contributed by atoms with Gasteiger partial charge in [0.25, 0.3) is 0 Å². The van der Waals surface area contributed by atoms with Crippen LogP contribution in [0.15, 0.2) is 88.7 Å². The van der Waals surface area contributed by atoms with E-state index in [0.717, 1.165) is 46.2 Å². The van der Waals surface area contributed by atoms with Crippen LogP contribution in [-0.2, 0) is 27.1 Å². The molecule has 8 nitrogen and oxygen atoms in total. The second kappa shape index (κ2) is 11.0. The zero-order chi connectivity index (χ0) is 30.5. The Labute approximate surface area is 251 Å². The van der Waals surface area contributed by atoms with E-state index < -0.39 is 51.4 Å². The maximum atomic E-state index is 13.9. The summed E-state index contributed by atoms with van der Waals surface area (Å²) in [6.07, 6.45) is -4.67. The highest BCUT2D eigenvalue weighted by Gasteiger charge is 2.57. The lowest BCUT2D eigenvalue weighted by Crippen LogP contribution is -2.33. The summed E-state index contributed by atoms with van der Waals surface area (Å²) in [5, 5.41) is 2.06. The molecule has 2 aliphatic rings. The Kier molecular flexibility index (Phi) is 7.38. The number of ether oxygens (including phenoxy) is 1. The van der Waals surface area contributed by atoms with Crippen molar-refractivity contribution in [1.29, 1.82) is 0 Å². The number of fused-ring (bicyclic) bond motifs is 2. The van der Waals surface area contributed by atoms with Crippen molar-refractivity contribution in [1.82, 2.24) is 4.57 Å². The molecule has 3 atom stereocenters. The molecule has 2 aliphatic heterocycles. The van der Waals surface area contributed by atoms with Crippen LogP contribution in [0, 0.1) is 5.92 Å². The molecule has 0 aliphatic carbocycles. The molecule has 3 amide bonds. The van der Waals surface area contributed by atoms with Crippen molar-refractivity contribution in [3.05, 3.63) is 105 Å². The highest BCUT2D eigenvalue weighted by Crippen LogP contribution is 2.54. The molecule has 43 heavy (non-hydrogen) atoms. The van der Waals surface area contributed by atoms with E-state index in [0.29, 0.717) is 26.9 Å². The number of thioether (sulfide) groups is 1. The van der Waals surface area contributed by atoms with Crippen LogP contribution in [0.2, 0.25) is 0 Å². The van der Waals surface area contributed by atoms with Gasteiger partial charge < -0.3 is 10.1 Å². The smallest absolute Gasteiger partial charge is 0.416 e. The highest BCUT2D eigenvalue weighted by molar-refractivity contribution is 8.00. The van der Waals surface area contributed by atoms with Crippen LogP contribution >= 0.6 is 23.1 Å². The van der Waals surface area contributed by atoms with Crippen LogP contribution in [0.25, 0.3) is 0 Å². The first-order valence-electron chi connectivity index (χ1n) is 13.0. The van der Waals surface area contributed by atoms with Gasteiger partial charge in [0.1, 0.15) is 17.5 Å². The van der Waals surface area contributed by atoms with E-state index in [9.17, 15) is 32.3 Å². The van der Waals surface area contributed by atoms with Crippen molar-refractivity contribution in [2.75, 3.05) is 17.3 Å². The largest absolute Gasteiger partial charge is 0.497 e. The van der Waals surface area contributed by atoms with Crippen molar-refractivity contribution in [2.24, 2.45) is 5.92 Å². The molecule has 3 unspecified atom stereocenters. The van der Waals surface area contributed by atoms with Gasteiger partial charge in [0.05, 0.1) is 29.3 Å². The maximum Gasteiger partial charge on any atom is 0.416 e. The Morgan fingerprint density at radius 1 is 0.953 bits per heavy atom. The third kappa shape index (κ3) is 5.23. The monoisotopic (exact) mass is 625 g/mol. The van der Waals surface area contributed by atoms with Gasteiger partial charge >= 0.3 is 11.0 Å². The Balaban J connectivity index is 1.42. The zero-order valence-corrected chi connectivity index (χ0v) is 24.0. The van der Waals surface area contributed by atoms with Crippen LogP contribution in [0.5, 0.6) is 5.75 Å². The number of anilines is 2. The number of methoxy groups -OCH3 is 1. The average Bonchev–Trinajstić information content (AvgIpc) is 3.43. The van der Waals surface area contributed by atoms with E-state index in [2.05, 4.69) is 5.32 Å². The topological polar surface area (TPSA) is 97.7 Å². The van der Waals surface area contributed by atoms with Gasteiger partial charge in [-0.3, -0.25) is 23.7 Å². The van der Waals surface area contributed by atoms with Gasteiger partial charge in [-0.15, -0.1) is 0 Å². The molecule has 13 heteroatoms. The number of carbonyl (C=O) groups is 3. The van der Waals surface area contributed by atoms with Crippen LogP contribution < -0.4 is 19.8 Å². The number of nitrogens with one attached hydrogen (secondary N) is 1. The van der Waals surface area contributed by atoms with Crippen LogP contribution in [0.3, 0.4) is 0 Å². The van der Waals surface area contributed by atoms with Gasteiger partial charge in [-0.2, -0.15) is 13.2 Å². The van der Waals surface area contributed by atoms with Crippen molar-refractivity contribution < 1.29 is 32.3 Å². The van der Waals surface area contributed by atoms with Crippen LogP contribution in [-0.4, -0.2) is 34.6 Å². The molecule has 1 aromatic heterocycles. The van der Waals surface area contributed by atoms with Gasteiger partial charge in [0.15, 0.2) is 0 Å². The number of para-hydroxylation sites is 1. The lowest BCUT2D eigenvalue weighted by atomic mass is 9.83. The quantitative estimate of drug-likeness (QED) is 0.290. The normalized spacial score (nSPS) is 19.6. The van der Waals surface area contributed by atoms with E-state index in [4.69, 9.17) is 4.74 Å². The number of nitrogens with zero attached hydrogens (tertiary/aromatic N) is 2. The molecule has 3 heterocycles. The molecule has 0 bridgehead atoms. The van der Waals surface area contributed by atoms with E-state index in [1.165, 1.54) is 17.7 Å². The van der Waals surface area contributed by atoms with Gasteiger partial charge in [0, 0.05) is 16.5 Å². The fraction of sp³-hybridized carbons (Fsp3) is 0.200. The Morgan fingerprint density at radius 2 is 1.67 bits per heavy atom. The average molecular weight is 626 g/mol. The lowest BCUT2D eigenvalue weighted by molar-refractivity contribution is -0.137. The zero-order valence-electron chi connectivity index (χ0n) is 22.3. The molecule has 3 aromatic carbocycles. The molecule has 1 fully saturated rings. The summed E-state index contributed by atoms with van der Waals surface area (Å²) >= 11 is 1.86. The predicted molar refractivity (Wildman–Crippen MR) is 156 cm³/mol. The second-order valence-corrected chi connectivity index (χ2v) is 12.0. The van der Waals surface area contributed by atoms with Gasteiger partial charge in [-0.25, -0.2) is 4.90 Å². The summed E-state index contributed by atoms with van der Waals surface area (Å²) in [5.41, 5.74) is -0.0122. The summed E-state index contributed by atoms with van der Waals surface area (Å²) in [6, 6.07) is 19.6. The molecular formula is C30H22F3N3O5S2. The molecule has 6 rings (SSSR count). The third-order valence-corrected chi connectivity index (χ3v) is 9.92.